The Morgan fingerprint density at radius 1 is 0.359 bits per heavy atom. The van der Waals surface area contributed by atoms with Crippen LogP contribution in [-0.4, -0.2) is 34.7 Å². The van der Waals surface area contributed by atoms with Gasteiger partial charge in [0, 0.05) is 0 Å². The van der Waals surface area contributed by atoms with Crippen LogP contribution in [0.4, 0.5) is 0 Å². The molecule has 0 aliphatic heterocycles. The second kappa shape index (κ2) is 20.3. The van der Waals surface area contributed by atoms with Gasteiger partial charge in [-0.1, -0.05) is 72.8 Å². The first-order chi connectivity index (χ1) is 30.3. The third-order valence-electron chi connectivity index (χ3n) is 8.97. The molecular weight excluding hydrogens is 825 g/mol. The van der Waals surface area contributed by atoms with Crippen molar-refractivity contribution in [1.82, 2.24) is 0 Å². The minimum absolute atomic E-state index is 0.143. The number of esters is 3. The van der Waals surface area contributed by atoms with Gasteiger partial charge in [0.15, 0.2) is 17.2 Å². The van der Waals surface area contributed by atoms with E-state index in [0.717, 1.165) is 31.4 Å². The predicted octanol–water partition coefficient (Wildman–Crippen LogP) is 12.8. The molecule has 6 aromatic rings. The molecule has 6 aromatic carbocycles. The molecule has 0 aliphatic carbocycles. The predicted molar refractivity (Wildman–Crippen MR) is 250 cm³/mol. The number of benzene rings is 6. The fraction of sp³-hybridized carbons (Fsp3) is 0.278. The number of carbonyl (C=O) groups excluding carboxylic acids is 3. The summed E-state index contributed by atoms with van der Waals surface area (Å²) in [6.45, 7) is 16.7. The molecule has 64 heavy (non-hydrogen) atoms. The van der Waals surface area contributed by atoms with Gasteiger partial charge < -0.3 is 28.4 Å². The van der Waals surface area contributed by atoms with E-state index >= 15 is 0 Å². The van der Waals surface area contributed by atoms with E-state index < -0.39 is 27.7 Å². The first-order valence-corrected chi connectivity index (χ1v) is 22.5. The van der Waals surface area contributed by atoms with Crippen LogP contribution in [0.15, 0.2) is 160 Å². The highest BCUT2D eigenvalue weighted by molar-refractivity contribution is 7.97. The normalized spacial score (nSPS) is 11.7. The Labute approximate surface area is 380 Å². The van der Waals surface area contributed by atoms with Crippen molar-refractivity contribution >= 4 is 28.8 Å². The van der Waals surface area contributed by atoms with E-state index in [1.807, 2.05) is 208 Å². The summed E-state index contributed by atoms with van der Waals surface area (Å²) in [6, 6.07) is 45.9. The second-order valence-corrected chi connectivity index (χ2v) is 20.1. The Kier molecular flexibility index (Phi) is 14.9. The minimum Gasteiger partial charge on any atom is -0.460 e. The molecule has 0 amide bonds. The largest absolute Gasteiger partial charge is 0.460 e. The molecule has 0 aromatic heterocycles. The number of hydrogen-bond donors (Lipinski definition) is 0. The topological polar surface area (TPSA) is 107 Å². The van der Waals surface area contributed by atoms with E-state index in [1.165, 1.54) is 0 Å². The zero-order valence-electron chi connectivity index (χ0n) is 38.1. The highest BCUT2D eigenvalue weighted by Crippen LogP contribution is 2.46. The third kappa shape index (κ3) is 14.3. The summed E-state index contributed by atoms with van der Waals surface area (Å²) >= 11 is 0. The van der Waals surface area contributed by atoms with Crippen LogP contribution in [0, 0.1) is 0 Å². The summed E-state index contributed by atoms with van der Waals surface area (Å²) < 4.78 is 36.6. The van der Waals surface area contributed by atoms with Gasteiger partial charge in [-0.05, 0) is 152 Å². The van der Waals surface area contributed by atoms with Gasteiger partial charge in [-0.3, -0.25) is 14.4 Å². The van der Waals surface area contributed by atoms with Crippen molar-refractivity contribution in [2.24, 2.45) is 0 Å². The molecule has 0 bridgehead atoms. The molecule has 0 radical (unpaired) electrons. The Morgan fingerprint density at radius 3 is 0.828 bits per heavy atom. The quantitative estimate of drug-likeness (QED) is 0.0566. The molecule has 0 heterocycles. The lowest BCUT2D eigenvalue weighted by atomic mass is 10.1. The molecule has 0 aliphatic rings. The van der Waals surface area contributed by atoms with Gasteiger partial charge >= 0.3 is 17.9 Å². The van der Waals surface area contributed by atoms with E-state index in [2.05, 4.69) is 0 Å². The average molecular weight is 882 g/mol. The Morgan fingerprint density at radius 2 is 0.594 bits per heavy atom. The van der Waals surface area contributed by atoms with Gasteiger partial charge in [0.25, 0.3) is 0 Å². The van der Waals surface area contributed by atoms with Crippen molar-refractivity contribution in [3.05, 3.63) is 162 Å². The average Bonchev–Trinajstić information content (AvgIpc) is 3.20. The maximum atomic E-state index is 12.6. The summed E-state index contributed by atoms with van der Waals surface area (Å²) in [6.07, 6.45) is 0.429. The second-order valence-electron chi connectivity index (χ2n) is 18.2. The SMILES string of the molecule is CC(C)(C)OC(=O)Cc1ccc(Oc2ccccc2[S+](c2ccccc2Oc2ccc(CC(=O)OC(C)(C)C)cc2)c2ccccc2Oc2ccc(CC(=O)OC(C)(C)C)cc2)cc1. The fourth-order valence-electron chi connectivity index (χ4n) is 6.50. The zero-order chi connectivity index (χ0) is 46.1. The van der Waals surface area contributed by atoms with Crippen LogP contribution in [0.5, 0.6) is 34.5 Å². The summed E-state index contributed by atoms with van der Waals surface area (Å²) in [4.78, 5) is 40.3. The lowest BCUT2D eigenvalue weighted by Gasteiger charge is -2.19. The smallest absolute Gasteiger partial charge is 0.310 e. The lowest BCUT2D eigenvalue weighted by molar-refractivity contribution is -0.155. The van der Waals surface area contributed by atoms with Gasteiger partial charge in [-0.25, -0.2) is 0 Å². The van der Waals surface area contributed by atoms with Crippen LogP contribution in [-0.2, 0) is 58.8 Å². The van der Waals surface area contributed by atoms with E-state index in [0.29, 0.717) is 34.5 Å². The number of ether oxygens (including phenoxy) is 6. The molecule has 10 heteroatoms. The van der Waals surface area contributed by atoms with Gasteiger partial charge in [0.1, 0.15) is 44.9 Å². The van der Waals surface area contributed by atoms with Crippen LogP contribution >= 0.6 is 0 Å². The van der Waals surface area contributed by atoms with Crippen molar-refractivity contribution < 1.29 is 42.8 Å². The number of rotatable bonds is 15. The van der Waals surface area contributed by atoms with Gasteiger partial charge in [-0.2, -0.15) is 0 Å². The van der Waals surface area contributed by atoms with Gasteiger partial charge in [0.2, 0.25) is 14.7 Å². The summed E-state index contributed by atoms with van der Waals surface area (Å²) in [5, 5.41) is 0. The van der Waals surface area contributed by atoms with Crippen LogP contribution in [0.25, 0.3) is 0 Å². The van der Waals surface area contributed by atoms with E-state index in [-0.39, 0.29) is 37.2 Å². The highest BCUT2D eigenvalue weighted by Gasteiger charge is 2.38. The van der Waals surface area contributed by atoms with Crippen molar-refractivity contribution in [2.45, 2.75) is 113 Å². The maximum absolute atomic E-state index is 12.6. The molecule has 0 unspecified atom stereocenters. The molecule has 6 rings (SSSR count). The van der Waals surface area contributed by atoms with Crippen LogP contribution in [0.1, 0.15) is 79.0 Å². The summed E-state index contributed by atoms with van der Waals surface area (Å²) in [5.41, 5.74) is 0.704. The summed E-state index contributed by atoms with van der Waals surface area (Å²) in [5.74, 6) is 2.74. The Hall–Kier alpha value is -6.52. The monoisotopic (exact) mass is 881 g/mol. The van der Waals surface area contributed by atoms with Crippen molar-refractivity contribution in [3.8, 4) is 34.5 Å². The Balaban J connectivity index is 1.35. The molecule has 0 saturated carbocycles. The maximum Gasteiger partial charge on any atom is 0.310 e. The first-order valence-electron chi connectivity index (χ1n) is 21.2. The molecule has 0 N–H and O–H groups in total. The van der Waals surface area contributed by atoms with Crippen molar-refractivity contribution in [3.63, 3.8) is 0 Å². The summed E-state index contributed by atoms with van der Waals surface area (Å²) in [7, 11) is -0.895. The molecule has 0 atom stereocenters. The highest BCUT2D eigenvalue weighted by atomic mass is 32.2. The van der Waals surface area contributed by atoms with Crippen LogP contribution in [0.3, 0.4) is 0 Å². The number of hydrogen-bond acceptors (Lipinski definition) is 9. The van der Waals surface area contributed by atoms with E-state index in [1.54, 1.807) is 0 Å². The third-order valence-corrected chi connectivity index (χ3v) is 11.3. The molecule has 0 fully saturated rings. The van der Waals surface area contributed by atoms with Crippen molar-refractivity contribution in [2.75, 3.05) is 0 Å². The molecule has 332 valence electrons. The molecule has 0 saturated heterocycles. The first kappa shape index (κ1) is 47.0. The number of para-hydroxylation sites is 3. The standard InChI is InChI=1S/C54H57O9S/c1-52(2,3)61-49(55)34-37-22-28-40(29-23-37)58-43-16-10-13-19-46(43)64(47-20-14-11-17-44(47)59-41-30-24-38(25-31-41)35-50(56)62-53(4,5)6)48-21-15-12-18-45(48)60-42-32-26-39(27-33-42)36-51(57)63-54(7,8)9/h10-33H,34-36H2,1-9H3/q+1. The molecule has 0 spiro atoms. The van der Waals surface area contributed by atoms with Crippen molar-refractivity contribution in [1.29, 1.82) is 0 Å². The fourth-order valence-corrected chi connectivity index (χ4v) is 8.79. The van der Waals surface area contributed by atoms with Gasteiger partial charge in [-0.15, -0.1) is 0 Å². The lowest BCUT2D eigenvalue weighted by Crippen LogP contribution is -2.24. The van der Waals surface area contributed by atoms with E-state index in [9.17, 15) is 14.4 Å². The van der Waals surface area contributed by atoms with Crippen LogP contribution in [0.2, 0.25) is 0 Å². The Bertz CT molecular complexity index is 2240. The number of carbonyl (C=O) groups is 3. The zero-order valence-corrected chi connectivity index (χ0v) is 38.9. The molecular formula is C54H57O9S+. The van der Waals surface area contributed by atoms with E-state index in [4.69, 9.17) is 28.4 Å². The molecule has 9 nitrogen and oxygen atoms in total. The minimum atomic E-state index is -0.895. The van der Waals surface area contributed by atoms with Gasteiger partial charge in [0.05, 0.1) is 19.3 Å². The van der Waals surface area contributed by atoms with Crippen LogP contribution < -0.4 is 14.2 Å².